The molecule has 1 heterocycles. The van der Waals surface area contributed by atoms with Gasteiger partial charge in [-0.15, -0.1) is 0 Å². The van der Waals surface area contributed by atoms with E-state index in [1.807, 2.05) is 13.8 Å². The largest absolute Gasteiger partial charge is 0.481 e. The molecule has 0 radical (unpaired) electrons. The molecule has 1 rings (SSSR count). The third-order valence-electron chi connectivity index (χ3n) is 3.24. The maximum atomic E-state index is 11.4. The number of hydrogen-bond donors (Lipinski definition) is 1. The summed E-state index contributed by atoms with van der Waals surface area (Å²) < 4.78 is 5.13. The van der Waals surface area contributed by atoms with Crippen molar-refractivity contribution < 1.29 is 14.4 Å². The zero-order chi connectivity index (χ0) is 13.6. The van der Waals surface area contributed by atoms with Gasteiger partial charge in [0.2, 0.25) is 5.89 Å². The van der Waals surface area contributed by atoms with Crippen molar-refractivity contribution >= 4 is 17.7 Å². The molecule has 0 aromatic carbocycles. The fraction of sp³-hybridized carbons (Fsp3) is 0.750. The van der Waals surface area contributed by atoms with E-state index in [0.29, 0.717) is 36.7 Å². The van der Waals surface area contributed by atoms with Crippen molar-refractivity contribution in [3.8, 4) is 0 Å². The summed E-state index contributed by atoms with van der Waals surface area (Å²) in [4.78, 5) is 15.6. The second-order valence-corrected chi connectivity index (χ2v) is 5.49. The monoisotopic (exact) mass is 272 g/mol. The summed E-state index contributed by atoms with van der Waals surface area (Å²) in [6.45, 7) is 5.82. The molecule has 6 heteroatoms. The Labute approximate surface area is 111 Å². The Balaban J connectivity index is 2.75. The molecule has 0 bridgehead atoms. The van der Waals surface area contributed by atoms with Gasteiger partial charge in [0.1, 0.15) is 0 Å². The Morgan fingerprint density at radius 2 is 2.06 bits per heavy atom. The summed E-state index contributed by atoms with van der Waals surface area (Å²) in [5, 5.41) is 13.2. The summed E-state index contributed by atoms with van der Waals surface area (Å²) in [7, 11) is 0. The van der Waals surface area contributed by atoms with Crippen LogP contribution < -0.4 is 0 Å². The second-order valence-electron chi connectivity index (χ2n) is 4.21. The Bertz CT molecular complexity index is 388. The van der Waals surface area contributed by atoms with E-state index in [0.717, 1.165) is 5.75 Å². The number of carbonyl (C=O) groups is 1. The minimum absolute atomic E-state index is 0.305. The second kappa shape index (κ2) is 6.78. The maximum Gasteiger partial charge on any atom is 0.310 e. The van der Waals surface area contributed by atoms with Crippen molar-refractivity contribution in [1.29, 1.82) is 0 Å². The van der Waals surface area contributed by atoms with Crippen molar-refractivity contribution in [2.45, 2.75) is 45.8 Å². The van der Waals surface area contributed by atoms with Gasteiger partial charge in [0.15, 0.2) is 5.82 Å². The molecule has 0 atom stereocenters. The number of nitrogens with zero attached hydrogens (tertiary/aromatic N) is 2. The van der Waals surface area contributed by atoms with Gasteiger partial charge in [-0.2, -0.15) is 16.7 Å². The number of carboxylic acids is 1. The van der Waals surface area contributed by atoms with Gasteiger partial charge in [-0.05, 0) is 18.6 Å². The van der Waals surface area contributed by atoms with Crippen LogP contribution >= 0.6 is 11.8 Å². The standard InChI is InChI=1S/C12H20N2O3S/c1-4-12(5-2,11(15)16)7-10-13-9(14-17-10)8-18-6-3/h4-8H2,1-3H3,(H,15,16). The molecule has 0 saturated heterocycles. The van der Waals surface area contributed by atoms with Crippen LogP contribution in [0, 0.1) is 5.41 Å². The van der Waals surface area contributed by atoms with Gasteiger partial charge in [0, 0.05) is 6.42 Å². The Hall–Kier alpha value is -1.04. The van der Waals surface area contributed by atoms with Crippen LogP contribution in [0.1, 0.15) is 45.3 Å². The van der Waals surface area contributed by atoms with Crippen LogP contribution in [-0.4, -0.2) is 27.0 Å². The molecule has 5 nitrogen and oxygen atoms in total. The highest BCUT2D eigenvalue weighted by Crippen LogP contribution is 2.31. The van der Waals surface area contributed by atoms with E-state index in [1.54, 1.807) is 11.8 Å². The molecule has 0 saturated carbocycles. The van der Waals surface area contributed by atoms with E-state index in [4.69, 9.17) is 4.52 Å². The number of aromatic nitrogens is 2. The fourth-order valence-corrected chi connectivity index (χ4v) is 2.29. The van der Waals surface area contributed by atoms with Gasteiger partial charge in [-0.25, -0.2) is 0 Å². The molecule has 0 aliphatic heterocycles. The van der Waals surface area contributed by atoms with Crippen molar-refractivity contribution in [2.75, 3.05) is 5.75 Å². The van der Waals surface area contributed by atoms with Gasteiger partial charge >= 0.3 is 5.97 Å². The first-order chi connectivity index (χ1) is 8.57. The van der Waals surface area contributed by atoms with Crippen LogP contribution in [0.3, 0.4) is 0 Å². The zero-order valence-corrected chi connectivity index (χ0v) is 11.9. The highest BCUT2D eigenvalue weighted by molar-refractivity contribution is 7.98. The Morgan fingerprint density at radius 1 is 1.39 bits per heavy atom. The molecule has 0 aliphatic rings. The summed E-state index contributed by atoms with van der Waals surface area (Å²) in [5.41, 5.74) is -0.790. The molecule has 102 valence electrons. The lowest BCUT2D eigenvalue weighted by Gasteiger charge is -2.24. The fourth-order valence-electron chi connectivity index (χ4n) is 1.78. The van der Waals surface area contributed by atoms with E-state index in [-0.39, 0.29) is 0 Å². The molecule has 0 spiro atoms. The minimum Gasteiger partial charge on any atom is -0.481 e. The smallest absolute Gasteiger partial charge is 0.310 e. The Kier molecular flexibility index (Phi) is 5.65. The van der Waals surface area contributed by atoms with E-state index in [9.17, 15) is 9.90 Å². The van der Waals surface area contributed by atoms with E-state index < -0.39 is 11.4 Å². The molecule has 0 amide bonds. The average molecular weight is 272 g/mol. The van der Waals surface area contributed by atoms with Gasteiger partial charge in [0.25, 0.3) is 0 Å². The van der Waals surface area contributed by atoms with E-state index in [1.165, 1.54) is 0 Å². The van der Waals surface area contributed by atoms with Crippen LogP contribution in [0.2, 0.25) is 0 Å². The predicted octanol–water partition coefficient (Wildman–Crippen LogP) is 2.76. The van der Waals surface area contributed by atoms with E-state index in [2.05, 4.69) is 17.1 Å². The SMILES string of the molecule is CCSCc1noc(CC(CC)(CC)C(=O)O)n1. The van der Waals surface area contributed by atoms with Crippen molar-refractivity contribution in [3.63, 3.8) is 0 Å². The summed E-state index contributed by atoms with van der Waals surface area (Å²) in [5.74, 6) is 1.97. The normalized spacial score (nSPS) is 11.7. The average Bonchev–Trinajstić information content (AvgIpc) is 2.80. The van der Waals surface area contributed by atoms with Crippen LogP contribution in [0.4, 0.5) is 0 Å². The van der Waals surface area contributed by atoms with Gasteiger partial charge in [-0.1, -0.05) is 25.9 Å². The van der Waals surface area contributed by atoms with Crippen LogP contribution in [0.25, 0.3) is 0 Å². The highest BCUT2D eigenvalue weighted by atomic mass is 32.2. The third kappa shape index (κ3) is 3.48. The third-order valence-corrected chi connectivity index (χ3v) is 4.11. The van der Waals surface area contributed by atoms with Crippen molar-refractivity contribution in [2.24, 2.45) is 5.41 Å². The number of carboxylic acid groups (broad SMARTS) is 1. The van der Waals surface area contributed by atoms with Crippen molar-refractivity contribution in [1.82, 2.24) is 10.1 Å². The molecular formula is C12H20N2O3S. The minimum atomic E-state index is -0.796. The van der Waals surface area contributed by atoms with Crippen molar-refractivity contribution in [3.05, 3.63) is 11.7 Å². The number of rotatable bonds is 8. The zero-order valence-electron chi connectivity index (χ0n) is 11.1. The Morgan fingerprint density at radius 3 is 2.56 bits per heavy atom. The molecule has 1 N–H and O–H groups in total. The number of hydrogen-bond acceptors (Lipinski definition) is 5. The molecule has 0 unspecified atom stereocenters. The van der Waals surface area contributed by atoms with Gasteiger partial charge in [-0.3, -0.25) is 4.79 Å². The topological polar surface area (TPSA) is 76.2 Å². The van der Waals surface area contributed by atoms with Crippen LogP contribution in [0.5, 0.6) is 0 Å². The lowest BCUT2D eigenvalue weighted by atomic mass is 9.79. The lowest BCUT2D eigenvalue weighted by Crippen LogP contribution is -2.32. The highest BCUT2D eigenvalue weighted by Gasteiger charge is 2.37. The predicted molar refractivity (Wildman–Crippen MR) is 70.5 cm³/mol. The molecule has 1 aromatic rings. The molecule has 1 aromatic heterocycles. The van der Waals surface area contributed by atoms with Gasteiger partial charge < -0.3 is 9.63 Å². The molecule has 18 heavy (non-hydrogen) atoms. The van der Waals surface area contributed by atoms with Crippen LogP contribution in [-0.2, 0) is 17.0 Å². The quantitative estimate of drug-likeness (QED) is 0.784. The first-order valence-electron chi connectivity index (χ1n) is 6.20. The molecular weight excluding hydrogens is 252 g/mol. The van der Waals surface area contributed by atoms with Gasteiger partial charge in [0.05, 0.1) is 11.2 Å². The first kappa shape index (κ1) is 15.0. The summed E-state index contributed by atoms with van der Waals surface area (Å²) >= 11 is 1.71. The molecule has 0 fully saturated rings. The summed E-state index contributed by atoms with van der Waals surface area (Å²) in [6.07, 6.45) is 1.42. The maximum absolute atomic E-state index is 11.4. The van der Waals surface area contributed by atoms with Crippen LogP contribution in [0.15, 0.2) is 4.52 Å². The molecule has 0 aliphatic carbocycles. The number of thioether (sulfide) groups is 1. The number of aliphatic carboxylic acids is 1. The summed E-state index contributed by atoms with van der Waals surface area (Å²) in [6, 6.07) is 0. The van der Waals surface area contributed by atoms with E-state index >= 15 is 0 Å². The lowest BCUT2D eigenvalue weighted by molar-refractivity contribution is -0.149. The first-order valence-corrected chi connectivity index (χ1v) is 7.36.